The van der Waals surface area contributed by atoms with Crippen molar-refractivity contribution < 1.29 is 9.05 Å². The zero-order valence-corrected chi connectivity index (χ0v) is 10.4. The Morgan fingerprint density at radius 2 is 2.00 bits per heavy atom. The minimum absolute atomic E-state index is 0.704. The van der Waals surface area contributed by atoms with Crippen molar-refractivity contribution in [1.29, 1.82) is 0 Å². The fraction of sp³-hybridized carbons (Fsp3) is 1.00. The lowest BCUT2D eigenvalue weighted by atomic mass is 10.8. The van der Waals surface area contributed by atoms with Gasteiger partial charge in [0.1, 0.15) is 0 Å². The third-order valence-corrected chi connectivity index (χ3v) is 3.30. The van der Waals surface area contributed by atoms with Crippen LogP contribution in [0.2, 0.25) is 0 Å². The summed E-state index contributed by atoms with van der Waals surface area (Å²) in [5.74, 6) is 0. The van der Waals surface area contributed by atoms with Crippen LogP contribution in [0.3, 0.4) is 0 Å². The Labute approximate surface area is 84.5 Å². The van der Waals surface area contributed by atoms with Crippen molar-refractivity contribution in [3.8, 4) is 0 Å². The van der Waals surface area contributed by atoms with E-state index in [0.29, 0.717) is 13.2 Å². The van der Waals surface area contributed by atoms with Crippen LogP contribution in [0.25, 0.3) is 0 Å². The van der Waals surface area contributed by atoms with Gasteiger partial charge in [0, 0.05) is 11.9 Å². The van der Waals surface area contributed by atoms with Gasteiger partial charge in [-0.2, -0.15) is 0 Å². The molecule has 0 radical (unpaired) electrons. The molecule has 0 spiro atoms. The molecule has 5 heteroatoms. The first-order valence-electron chi connectivity index (χ1n) is 4.09. The number of halogens is 1. The normalized spacial score (nSPS) is 13.8. The molecule has 0 saturated carbocycles. The van der Waals surface area contributed by atoms with E-state index in [4.69, 9.17) is 9.05 Å². The van der Waals surface area contributed by atoms with Gasteiger partial charge >= 0.3 is 0 Å². The summed E-state index contributed by atoms with van der Waals surface area (Å²) in [6.07, 6.45) is 0. The van der Waals surface area contributed by atoms with Crippen molar-refractivity contribution in [2.45, 2.75) is 13.8 Å². The summed E-state index contributed by atoms with van der Waals surface area (Å²) in [6, 6.07) is 0. The first kappa shape index (κ1) is 12.8. The molecule has 0 rings (SSSR count). The Morgan fingerprint density at radius 3 is 2.42 bits per heavy atom. The smallest absolute Gasteiger partial charge is 0.258 e. The molecule has 0 saturated heterocycles. The number of rotatable bonds is 7. The fourth-order valence-corrected chi connectivity index (χ4v) is 2.15. The Kier molecular flexibility index (Phi) is 8.94. The Morgan fingerprint density at radius 1 is 1.33 bits per heavy atom. The summed E-state index contributed by atoms with van der Waals surface area (Å²) in [6.45, 7) is 6.44. The van der Waals surface area contributed by atoms with Crippen LogP contribution in [-0.2, 0) is 9.05 Å². The highest BCUT2D eigenvalue weighted by atomic mass is 79.9. The lowest BCUT2D eigenvalue weighted by molar-refractivity contribution is 0.232. The molecule has 74 valence electrons. The van der Waals surface area contributed by atoms with Gasteiger partial charge in [-0.05, 0) is 14.0 Å². The molecule has 12 heavy (non-hydrogen) atoms. The molecule has 0 aromatic heterocycles. The second-order valence-corrected chi connectivity index (χ2v) is 4.62. The van der Waals surface area contributed by atoms with E-state index in [1.807, 2.05) is 14.0 Å². The van der Waals surface area contributed by atoms with E-state index in [-0.39, 0.29) is 0 Å². The third kappa shape index (κ3) is 5.44. The molecule has 0 aromatic carbocycles. The van der Waals surface area contributed by atoms with Gasteiger partial charge in [-0.25, -0.2) is 4.67 Å². The fourth-order valence-electron chi connectivity index (χ4n) is 0.573. The van der Waals surface area contributed by atoms with Gasteiger partial charge < -0.3 is 9.05 Å². The Balaban J connectivity index is 3.68. The third-order valence-electron chi connectivity index (χ3n) is 1.25. The standard InChI is InChI=1S/C7H17BrNO2P/c1-4-9(3)12(10-5-2)11-7-6-8/h4-7H2,1-3H3. The number of hydrogen-bond donors (Lipinski definition) is 0. The second kappa shape index (κ2) is 8.39. The monoisotopic (exact) mass is 257 g/mol. The first-order valence-corrected chi connectivity index (χ1v) is 6.34. The van der Waals surface area contributed by atoms with Crippen LogP contribution in [0, 0.1) is 0 Å². The summed E-state index contributed by atoms with van der Waals surface area (Å²) in [7, 11) is 1.18. The molecule has 0 bridgehead atoms. The van der Waals surface area contributed by atoms with Gasteiger partial charge in [-0.15, -0.1) is 0 Å². The van der Waals surface area contributed by atoms with Crippen LogP contribution in [0.4, 0.5) is 0 Å². The molecule has 3 nitrogen and oxygen atoms in total. The Bertz CT molecular complexity index is 107. The highest BCUT2D eigenvalue weighted by molar-refractivity contribution is 9.09. The van der Waals surface area contributed by atoms with Crippen molar-refractivity contribution >= 4 is 24.5 Å². The van der Waals surface area contributed by atoms with Gasteiger partial charge in [-0.3, -0.25) is 0 Å². The van der Waals surface area contributed by atoms with Gasteiger partial charge in [0.25, 0.3) is 8.53 Å². The van der Waals surface area contributed by atoms with Crippen LogP contribution >= 0.6 is 24.5 Å². The summed E-state index contributed by atoms with van der Waals surface area (Å²) >= 11 is 3.31. The van der Waals surface area contributed by atoms with Crippen LogP contribution in [0.1, 0.15) is 13.8 Å². The first-order chi connectivity index (χ1) is 5.76. The van der Waals surface area contributed by atoms with Gasteiger partial charge in [0.2, 0.25) is 0 Å². The predicted molar refractivity (Wildman–Crippen MR) is 56.6 cm³/mol. The molecule has 1 atom stereocenters. The molecule has 0 amide bonds. The Hall–Kier alpha value is 0.790. The molecular weight excluding hydrogens is 241 g/mol. The van der Waals surface area contributed by atoms with Crippen molar-refractivity contribution in [3.05, 3.63) is 0 Å². The quantitative estimate of drug-likeness (QED) is 0.517. The van der Waals surface area contributed by atoms with Crippen LogP contribution < -0.4 is 0 Å². The summed E-state index contributed by atoms with van der Waals surface area (Å²) in [5, 5.41) is 0.858. The average Bonchev–Trinajstić information content (AvgIpc) is 2.11. The van der Waals surface area contributed by atoms with Crippen LogP contribution in [0.5, 0.6) is 0 Å². The van der Waals surface area contributed by atoms with E-state index < -0.39 is 8.53 Å². The summed E-state index contributed by atoms with van der Waals surface area (Å²) in [5.41, 5.74) is 0. The van der Waals surface area contributed by atoms with E-state index in [1.54, 1.807) is 0 Å². The predicted octanol–water partition coefficient (Wildman–Crippen LogP) is 2.61. The highest BCUT2D eigenvalue weighted by Gasteiger charge is 2.14. The van der Waals surface area contributed by atoms with Crippen LogP contribution in [0.15, 0.2) is 0 Å². The topological polar surface area (TPSA) is 21.7 Å². The van der Waals surface area contributed by atoms with Gasteiger partial charge in [0.05, 0.1) is 13.2 Å². The largest absolute Gasteiger partial charge is 0.322 e. The van der Waals surface area contributed by atoms with Gasteiger partial charge in [-0.1, -0.05) is 22.9 Å². The summed E-state index contributed by atoms with van der Waals surface area (Å²) in [4.78, 5) is 0. The van der Waals surface area contributed by atoms with E-state index >= 15 is 0 Å². The maximum absolute atomic E-state index is 5.51. The van der Waals surface area contributed by atoms with E-state index in [2.05, 4.69) is 27.5 Å². The molecular formula is C7H17BrNO2P. The SMILES string of the molecule is CCOP(OCCBr)N(C)CC. The second-order valence-electron chi connectivity index (χ2n) is 2.15. The zero-order chi connectivity index (χ0) is 9.40. The van der Waals surface area contributed by atoms with E-state index in [9.17, 15) is 0 Å². The lowest BCUT2D eigenvalue weighted by Gasteiger charge is -2.23. The molecule has 1 unspecified atom stereocenters. The minimum Gasteiger partial charge on any atom is -0.322 e. The average molecular weight is 258 g/mol. The van der Waals surface area contributed by atoms with Crippen molar-refractivity contribution in [2.75, 3.05) is 32.1 Å². The van der Waals surface area contributed by atoms with E-state index in [1.165, 1.54) is 0 Å². The lowest BCUT2D eigenvalue weighted by Crippen LogP contribution is -2.14. The highest BCUT2D eigenvalue weighted by Crippen LogP contribution is 2.40. The minimum atomic E-state index is -0.825. The van der Waals surface area contributed by atoms with Crippen molar-refractivity contribution in [3.63, 3.8) is 0 Å². The van der Waals surface area contributed by atoms with Gasteiger partial charge in [0.15, 0.2) is 0 Å². The molecule has 0 aliphatic rings. The summed E-state index contributed by atoms with van der Waals surface area (Å²) < 4.78 is 13.0. The molecule has 0 aliphatic carbocycles. The molecule has 0 aliphatic heterocycles. The zero-order valence-electron chi connectivity index (χ0n) is 7.92. The van der Waals surface area contributed by atoms with Crippen molar-refractivity contribution in [2.24, 2.45) is 0 Å². The maximum atomic E-state index is 5.51. The van der Waals surface area contributed by atoms with Crippen LogP contribution in [-0.4, -0.2) is 36.8 Å². The molecule has 0 N–H and O–H groups in total. The number of alkyl halides is 1. The molecule has 0 aromatic rings. The molecule has 0 heterocycles. The van der Waals surface area contributed by atoms with E-state index in [0.717, 1.165) is 11.9 Å². The number of nitrogens with zero attached hydrogens (tertiary/aromatic N) is 1. The molecule has 0 fully saturated rings. The van der Waals surface area contributed by atoms with Crippen molar-refractivity contribution in [1.82, 2.24) is 4.67 Å². The maximum Gasteiger partial charge on any atom is 0.258 e. The number of hydrogen-bond acceptors (Lipinski definition) is 3.